The largest absolute Gasteiger partial charge is 0.421 e. The zero-order valence-electron chi connectivity index (χ0n) is 18.1. The molecule has 0 unspecified atom stereocenters. The smallest absolute Gasteiger partial charge is 0.247 e. The Morgan fingerprint density at radius 2 is 1.75 bits per heavy atom. The zero-order valence-corrected chi connectivity index (χ0v) is 18.1. The Labute approximate surface area is 185 Å². The molecule has 0 aliphatic rings. The van der Waals surface area contributed by atoms with E-state index in [1.807, 2.05) is 49.4 Å². The second-order valence-corrected chi connectivity index (χ2v) is 7.91. The van der Waals surface area contributed by atoms with Crippen LogP contribution in [-0.4, -0.2) is 20.7 Å². The van der Waals surface area contributed by atoms with Crippen LogP contribution in [0.25, 0.3) is 33.3 Å². The van der Waals surface area contributed by atoms with Gasteiger partial charge < -0.3 is 14.3 Å². The first kappa shape index (κ1) is 20.0. The fraction of sp³-hybridized carbons (Fsp3) is 0.192. The molecule has 5 rings (SSSR count). The summed E-state index contributed by atoms with van der Waals surface area (Å²) in [6, 6.07) is 22.3. The highest BCUT2D eigenvalue weighted by atomic mass is 16.4. The van der Waals surface area contributed by atoms with Crippen LogP contribution in [0.1, 0.15) is 24.8 Å². The summed E-state index contributed by atoms with van der Waals surface area (Å²) in [6.07, 6.45) is 0.659. The molecule has 0 saturated heterocycles. The predicted molar refractivity (Wildman–Crippen MR) is 127 cm³/mol. The van der Waals surface area contributed by atoms with E-state index in [1.165, 1.54) is 22.0 Å². The Balaban J connectivity index is 1.28. The highest BCUT2D eigenvalue weighted by Crippen LogP contribution is 2.31. The van der Waals surface area contributed by atoms with Crippen molar-refractivity contribution < 1.29 is 9.21 Å². The maximum atomic E-state index is 12.6. The third kappa shape index (κ3) is 3.75. The third-order valence-corrected chi connectivity index (χ3v) is 5.70. The Kier molecular flexibility index (Phi) is 5.19. The number of aryl methyl sites for hydroxylation is 3. The van der Waals surface area contributed by atoms with Crippen molar-refractivity contribution in [3.8, 4) is 11.5 Å². The Morgan fingerprint density at radius 1 is 0.969 bits per heavy atom. The second kappa shape index (κ2) is 8.30. The number of nitrogens with one attached hydrogen (secondary N) is 1. The maximum absolute atomic E-state index is 12.6. The van der Waals surface area contributed by atoms with E-state index in [4.69, 9.17) is 4.42 Å². The fourth-order valence-corrected chi connectivity index (χ4v) is 4.08. The molecule has 5 aromatic rings. The van der Waals surface area contributed by atoms with Crippen molar-refractivity contribution in [3.63, 3.8) is 0 Å². The van der Waals surface area contributed by atoms with Crippen LogP contribution >= 0.6 is 0 Å². The number of para-hydroxylation sites is 1. The van der Waals surface area contributed by atoms with Crippen LogP contribution in [0.4, 0.5) is 5.69 Å². The number of anilines is 1. The van der Waals surface area contributed by atoms with Gasteiger partial charge in [0.1, 0.15) is 0 Å². The van der Waals surface area contributed by atoms with E-state index in [9.17, 15) is 4.79 Å². The number of fused-ring (bicyclic) bond motifs is 3. The molecule has 0 aliphatic heterocycles. The number of nitrogens with zero attached hydrogens (tertiary/aromatic N) is 3. The van der Waals surface area contributed by atoms with E-state index in [0.29, 0.717) is 18.2 Å². The maximum Gasteiger partial charge on any atom is 0.247 e. The molecule has 0 radical (unpaired) electrons. The van der Waals surface area contributed by atoms with Crippen molar-refractivity contribution in [1.29, 1.82) is 0 Å². The predicted octanol–water partition coefficient (Wildman–Crippen LogP) is 5.74. The van der Waals surface area contributed by atoms with Crippen molar-refractivity contribution >= 4 is 33.4 Å². The summed E-state index contributed by atoms with van der Waals surface area (Å²) < 4.78 is 8.02. The minimum absolute atomic E-state index is 0.0846. The number of aromatic nitrogens is 3. The molecule has 2 aromatic heterocycles. The molecule has 0 spiro atoms. The zero-order chi connectivity index (χ0) is 22.1. The van der Waals surface area contributed by atoms with Crippen LogP contribution < -0.4 is 5.32 Å². The van der Waals surface area contributed by atoms with E-state index in [2.05, 4.69) is 51.3 Å². The van der Waals surface area contributed by atoms with Crippen LogP contribution in [-0.2, 0) is 17.8 Å². The van der Waals surface area contributed by atoms with E-state index in [-0.39, 0.29) is 12.3 Å². The molecule has 160 valence electrons. The van der Waals surface area contributed by atoms with E-state index < -0.39 is 0 Å². The Morgan fingerprint density at radius 3 is 2.56 bits per heavy atom. The topological polar surface area (TPSA) is 73.0 Å². The SMILES string of the molecule is CCn1c2ccccc2c2cc(NC(=O)CCc3nnc(-c4ccc(C)cc4)o3)ccc21. The molecule has 0 bridgehead atoms. The first-order valence-electron chi connectivity index (χ1n) is 10.8. The van der Waals surface area contributed by atoms with Crippen molar-refractivity contribution in [2.75, 3.05) is 5.32 Å². The van der Waals surface area contributed by atoms with Crippen molar-refractivity contribution in [2.45, 2.75) is 33.2 Å². The van der Waals surface area contributed by atoms with Crippen molar-refractivity contribution in [3.05, 3.63) is 78.2 Å². The lowest BCUT2D eigenvalue weighted by Gasteiger charge is -2.06. The summed E-state index contributed by atoms with van der Waals surface area (Å²) in [5, 5.41) is 13.5. The highest BCUT2D eigenvalue weighted by molar-refractivity contribution is 6.09. The Bertz CT molecular complexity index is 1410. The summed E-state index contributed by atoms with van der Waals surface area (Å²) in [7, 11) is 0. The number of hydrogen-bond acceptors (Lipinski definition) is 4. The minimum Gasteiger partial charge on any atom is -0.421 e. The van der Waals surface area contributed by atoms with E-state index in [0.717, 1.165) is 23.2 Å². The van der Waals surface area contributed by atoms with E-state index >= 15 is 0 Å². The van der Waals surface area contributed by atoms with Crippen molar-refractivity contribution in [2.24, 2.45) is 0 Å². The number of amides is 1. The van der Waals surface area contributed by atoms with E-state index in [1.54, 1.807) is 0 Å². The lowest BCUT2D eigenvalue weighted by atomic mass is 10.1. The number of rotatable bonds is 6. The summed E-state index contributed by atoms with van der Waals surface area (Å²) >= 11 is 0. The number of carbonyl (C=O) groups is 1. The number of hydrogen-bond donors (Lipinski definition) is 1. The lowest BCUT2D eigenvalue weighted by molar-refractivity contribution is -0.116. The first-order chi connectivity index (χ1) is 15.6. The van der Waals surface area contributed by atoms with Gasteiger partial charge in [0.15, 0.2) is 0 Å². The molecule has 0 fully saturated rings. The molecule has 0 aliphatic carbocycles. The van der Waals surface area contributed by atoms with Gasteiger partial charge in [0.05, 0.1) is 0 Å². The normalized spacial score (nSPS) is 11.3. The summed E-state index contributed by atoms with van der Waals surface area (Å²) in [5.41, 5.74) is 5.20. The highest BCUT2D eigenvalue weighted by Gasteiger charge is 2.13. The monoisotopic (exact) mass is 424 g/mol. The molecule has 1 amide bonds. The van der Waals surface area contributed by atoms with Crippen LogP contribution in [0, 0.1) is 6.92 Å². The molecular formula is C26H24N4O2. The van der Waals surface area contributed by atoms with Gasteiger partial charge in [-0.3, -0.25) is 4.79 Å². The first-order valence-corrected chi connectivity index (χ1v) is 10.8. The molecule has 3 aromatic carbocycles. The molecule has 32 heavy (non-hydrogen) atoms. The summed E-state index contributed by atoms with van der Waals surface area (Å²) in [6.45, 7) is 5.06. The molecule has 0 atom stereocenters. The van der Waals surface area contributed by atoms with Gasteiger partial charge in [-0.15, -0.1) is 10.2 Å². The van der Waals surface area contributed by atoms with Gasteiger partial charge in [-0.05, 0) is 50.2 Å². The van der Waals surface area contributed by atoms with Gasteiger partial charge in [0, 0.05) is 52.4 Å². The molecule has 0 saturated carbocycles. The van der Waals surface area contributed by atoms with Crippen LogP contribution in [0.2, 0.25) is 0 Å². The minimum atomic E-state index is -0.0846. The van der Waals surface area contributed by atoms with Gasteiger partial charge >= 0.3 is 0 Å². The quantitative estimate of drug-likeness (QED) is 0.377. The van der Waals surface area contributed by atoms with Gasteiger partial charge in [0.25, 0.3) is 0 Å². The van der Waals surface area contributed by atoms with Crippen molar-refractivity contribution in [1.82, 2.24) is 14.8 Å². The van der Waals surface area contributed by atoms with Crippen LogP contribution in [0.15, 0.2) is 71.1 Å². The van der Waals surface area contributed by atoms with Gasteiger partial charge in [-0.1, -0.05) is 35.9 Å². The Hall–Kier alpha value is -3.93. The average Bonchev–Trinajstić information content (AvgIpc) is 3.41. The van der Waals surface area contributed by atoms with Crippen LogP contribution in [0.3, 0.4) is 0 Å². The second-order valence-electron chi connectivity index (χ2n) is 7.91. The molecule has 6 heteroatoms. The summed E-state index contributed by atoms with van der Waals surface area (Å²) in [4.78, 5) is 12.6. The van der Waals surface area contributed by atoms with Gasteiger partial charge in [-0.25, -0.2) is 0 Å². The fourth-order valence-electron chi connectivity index (χ4n) is 4.08. The number of carbonyl (C=O) groups excluding carboxylic acids is 1. The molecule has 2 heterocycles. The van der Waals surface area contributed by atoms with Gasteiger partial charge in [0.2, 0.25) is 17.7 Å². The molecular weight excluding hydrogens is 400 g/mol. The lowest BCUT2D eigenvalue weighted by Crippen LogP contribution is -2.12. The molecule has 6 nitrogen and oxygen atoms in total. The van der Waals surface area contributed by atoms with Crippen LogP contribution in [0.5, 0.6) is 0 Å². The summed E-state index contributed by atoms with van der Waals surface area (Å²) in [5.74, 6) is 0.842. The standard InChI is InChI=1S/C26H24N4O2/c1-3-30-22-7-5-4-6-20(22)21-16-19(12-13-23(21)30)27-24(31)14-15-25-28-29-26(32-25)18-10-8-17(2)9-11-18/h4-13,16H,3,14-15H2,1-2H3,(H,27,31). The van der Waals surface area contributed by atoms with Gasteiger partial charge in [-0.2, -0.15) is 0 Å². The molecule has 1 N–H and O–H groups in total. The number of benzene rings is 3. The average molecular weight is 425 g/mol. The third-order valence-electron chi connectivity index (χ3n) is 5.70.